The molecule has 3 aromatic rings. The zero-order valence-electron chi connectivity index (χ0n) is 12.2. The molecule has 0 saturated heterocycles. The molecule has 0 saturated carbocycles. The second kappa shape index (κ2) is 6.67. The van der Waals surface area contributed by atoms with E-state index in [1.165, 1.54) is 0 Å². The van der Waals surface area contributed by atoms with Crippen LogP contribution in [0.1, 0.15) is 11.1 Å². The molecule has 0 unspecified atom stereocenters. The third-order valence-corrected chi connectivity index (χ3v) is 3.88. The summed E-state index contributed by atoms with van der Waals surface area (Å²) in [6.07, 6.45) is 3.86. The fourth-order valence-electron chi connectivity index (χ4n) is 2.51. The Morgan fingerprint density at radius 1 is 1.09 bits per heavy atom. The van der Waals surface area contributed by atoms with Gasteiger partial charge in [-0.05, 0) is 23.1 Å². The Morgan fingerprint density at radius 3 is 2.65 bits per heavy atom. The van der Waals surface area contributed by atoms with E-state index in [0.29, 0.717) is 17.2 Å². The van der Waals surface area contributed by atoms with Crippen LogP contribution < -0.4 is 4.74 Å². The third kappa shape index (κ3) is 3.43. The van der Waals surface area contributed by atoms with Gasteiger partial charge in [0.05, 0.1) is 0 Å². The second-order valence-corrected chi connectivity index (χ2v) is 5.50. The van der Waals surface area contributed by atoms with Crippen molar-refractivity contribution in [1.29, 1.82) is 0 Å². The zero-order chi connectivity index (χ0) is 16.2. The summed E-state index contributed by atoms with van der Waals surface area (Å²) in [5.41, 5.74) is 1.92. The van der Waals surface area contributed by atoms with Crippen LogP contribution in [-0.2, 0) is 11.2 Å². The minimum absolute atomic E-state index is 0.377. The van der Waals surface area contributed by atoms with Gasteiger partial charge in [-0.25, -0.2) is 4.79 Å². The molecule has 5 heteroatoms. The maximum Gasteiger partial charge on any atom is 0.341 e. The van der Waals surface area contributed by atoms with Gasteiger partial charge in [-0.2, -0.15) is 0 Å². The Kier molecular flexibility index (Phi) is 4.44. The van der Waals surface area contributed by atoms with Gasteiger partial charge in [0.15, 0.2) is 6.61 Å². The van der Waals surface area contributed by atoms with Crippen LogP contribution in [0.25, 0.3) is 10.8 Å². The van der Waals surface area contributed by atoms with Crippen molar-refractivity contribution in [2.75, 3.05) is 6.61 Å². The quantitative estimate of drug-likeness (QED) is 0.771. The van der Waals surface area contributed by atoms with Gasteiger partial charge in [0.2, 0.25) is 0 Å². The molecular formula is C18H14ClNO3. The highest BCUT2D eigenvalue weighted by Crippen LogP contribution is 2.29. The Balaban J connectivity index is 1.97. The SMILES string of the molecule is O=C(O)COc1ccncc1Cc1ccc(Cl)c2ccccc12. The third-order valence-electron chi connectivity index (χ3n) is 3.55. The number of aromatic nitrogens is 1. The number of ether oxygens (including phenoxy) is 1. The first kappa shape index (κ1) is 15.3. The summed E-state index contributed by atoms with van der Waals surface area (Å²) in [5, 5.41) is 11.5. The summed E-state index contributed by atoms with van der Waals surface area (Å²) in [6, 6.07) is 13.4. The summed E-state index contributed by atoms with van der Waals surface area (Å²) >= 11 is 6.25. The van der Waals surface area contributed by atoms with Crippen LogP contribution in [-0.4, -0.2) is 22.7 Å². The second-order valence-electron chi connectivity index (χ2n) is 5.09. The van der Waals surface area contributed by atoms with Gasteiger partial charge in [0, 0.05) is 34.8 Å². The Hall–Kier alpha value is -2.59. The van der Waals surface area contributed by atoms with Gasteiger partial charge in [0.25, 0.3) is 0 Å². The molecule has 0 aliphatic carbocycles. The number of hydrogen-bond donors (Lipinski definition) is 1. The minimum atomic E-state index is -1.01. The van der Waals surface area contributed by atoms with E-state index < -0.39 is 5.97 Å². The summed E-state index contributed by atoms with van der Waals surface area (Å²) in [7, 11) is 0. The molecule has 0 radical (unpaired) electrons. The lowest BCUT2D eigenvalue weighted by Gasteiger charge is -2.12. The highest BCUT2D eigenvalue weighted by atomic mass is 35.5. The van der Waals surface area contributed by atoms with Crippen LogP contribution in [0.15, 0.2) is 54.9 Å². The predicted molar refractivity (Wildman–Crippen MR) is 89.1 cm³/mol. The smallest absolute Gasteiger partial charge is 0.341 e. The Bertz CT molecular complexity index is 864. The van der Waals surface area contributed by atoms with E-state index in [2.05, 4.69) is 4.98 Å². The van der Waals surface area contributed by atoms with Crippen LogP contribution >= 0.6 is 11.6 Å². The van der Waals surface area contributed by atoms with Crippen LogP contribution in [0.3, 0.4) is 0 Å². The number of pyridine rings is 1. The van der Waals surface area contributed by atoms with E-state index in [-0.39, 0.29) is 6.61 Å². The van der Waals surface area contributed by atoms with Gasteiger partial charge in [-0.15, -0.1) is 0 Å². The van der Waals surface area contributed by atoms with Gasteiger partial charge < -0.3 is 9.84 Å². The van der Waals surface area contributed by atoms with Crippen molar-refractivity contribution in [2.45, 2.75) is 6.42 Å². The number of halogens is 1. The first-order valence-electron chi connectivity index (χ1n) is 7.09. The van der Waals surface area contributed by atoms with Crippen molar-refractivity contribution in [3.63, 3.8) is 0 Å². The van der Waals surface area contributed by atoms with Crippen molar-refractivity contribution in [3.8, 4) is 5.75 Å². The van der Waals surface area contributed by atoms with E-state index in [0.717, 1.165) is 21.9 Å². The molecule has 0 bridgehead atoms. The van der Waals surface area contributed by atoms with E-state index in [9.17, 15) is 4.79 Å². The average Bonchev–Trinajstić information content (AvgIpc) is 2.57. The number of benzene rings is 2. The molecule has 3 rings (SSSR count). The van der Waals surface area contributed by atoms with E-state index in [4.69, 9.17) is 21.4 Å². The molecule has 0 aliphatic heterocycles. The van der Waals surface area contributed by atoms with E-state index in [1.807, 2.05) is 36.4 Å². The number of nitrogens with zero attached hydrogens (tertiary/aromatic N) is 1. The summed E-state index contributed by atoms with van der Waals surface area (Å²) < 4.78 is 5.34. The number of rotatable bonds is 5. The van der Waals surface area contributed by atoms with Crippen LogP contribution in [0.4, 0.5) is 0 Å². The maximum absolute atomic E-state index is 10.7. The van der Waals surface area contributed by atoms with Gasteiger partial charge >= 0.3 is 5.97 Å². The zero-order valence-corrected chi connectivity index (χ0v) is 13.0. The van der Waals surface area contributed by atoms with Crippen molar-refractivity contribution in [1.82, 2.24) is 4.98 Å². The minimum Gasteiger partial charge on any atom is -0.481 e. The number of fused-ring (bicyclic) bond motifs is 1. The first-order chi connectivity index (χ1) is 11.1. The van der Waals surface area contributed by atoms with Crippen molar-refractivity contribution >= 4 is 28.3 Å². The topological polar surface area (TPSA) is 59.4 Å². The van der Waals surface area contributed by atoms with Gasteiger partial charge in [-0.1, -0.05) is 41.9 Å². The molecule has 116 valence electrons. The number of carboxylic acids is 1. The normalized spacial score (nSPS) is 10.7. The van der Waals surface area contributed by atoms with Gasteiger partial charge in [0.1, 0.15) is 5.75 Å². The number of hydrogen-bond acceptors (Lipinski definition) is 3. The molecule has 23 heavy (non-hydrogen) atoms. The Morgan fingerprint density at radius 2 is 1.87 bits per heavy atom. The predicted octanol–water partition coefficient (Wildman–Crippen LogP) is 3.94. The molecule has 0 fully saturated rings. The van der Waals surface area contributed by atoms with Crippen molar-refractivity contribution in [3.05, 3.63) is 71.0 Å². The molecule has 1 heterocycles. The lowest BCUT2D eigenvalue weighted by Crippen LogP contribution is -2.10. The molecule has 0 amide bonds. The highest BCUT2D eigenvalue weighted by molar-refractivity contribution is 6.35. The molecule has 1 N–H and O–H groups in total. The number of aliphatic carboxylic acids is 1. The average molecular weight is 328 g/mol. The molecule has 4 nitrogen and oxygen atoms in total. The number of carbonyl (C=O) groups is 1. The van der Waals surface area contributed by atoms with Crippen molar-refractivity contribution < 1.29 is 14.6 Å². The summed E-state index contributed by atoms with van der Waals surface area (Å²) in [4.78, 5) is 14.8. The van der Waals surface area contributed by atoms with Crippen LogP contribution in [0.2, 0.25) is 5.02 Å². The summed E-state index contributed by atoms with van der Waals surface area (Å²) in [5.74, 6) is -0.480. The fraction of sp³-hybridized carbons (Fsp3) is 0.111. The maximum atomic E-state index is 10.7. The molecule has 0 atom stereocenters. The van der Waals surface area contributed by atoms with Crippen molar-refractivity contribution in [2.24, 2.45) is 0 Å². The summed E-state index contributed by atoms with van der Waals surface area (Å²) in [6.45, 7) is -0.377. The first-order valence-corrected chi connectivity index (χ1v) is 7.46. The molecule has 1 aromatic heterocycles. The van der Waals surface area contributed by atoms with E-state index >= 15 is 0 Å². The molecule has 2 aromatic carbocycles. The molecular weight excluding hydrogens is 314 g/mol. The lowest BCUT2D eigenvalue weighted by molar-refractivity contribution is -0.139. The Labute approximate surface area is 138 Å². The van der Waals surface area contributed by atoms with Crippen LogP contribution in [0.5, 0.6) is 5.75 Å². The molecule has 0 aliphatic rings. The largest absolute Gasteiger partial charge is 0.481 e. The monoisotopic (exact) mass is 327 g/mol. The molecule has 0 spiro atoms. The lowest BCUT2D eigenvalue weighted by atomic mass is 9.99. The van der Waals surface area contributed by atoms with Gasteiger partial charge in [-0.3, -0.25) is 4.98 Å². The van der Waals surface area contributed by atoms with Crippen LogP contribution in [0, 0.1) is 0 Å². The fourth-order valence-corrected chi connectivity index (χ4v) is 2.74. The standard InChI is InChI=1S/C18H14ClNO3/c19-16-6-5-12(14-3-1-2-4-15(14)16)9-13-10-20-8-7-17(13)23-11-18(21)22/h1-8,10H,9,11H2,(H,21,22). The van der Waals surface area contributed by atoms with E-state index in [1.54, 1.807) is 18.5 Å². The number of carboxylic acid groups (broad SMARTS) is 1. The highest BCUT2D eigenvalue weighted by Gasteiger charge is 2.10.